The molecule has 5 aromatic rings. The number of esters is 1. The lowest BCUT2D eigenvalue weighted by Crippen LogP contribution is -2.16. The molecular weight excluding hydrogens is 567 g/mol. The van der Waals surface area contributed by atoms with E-state index in [1.165, 1.54) is 10.9 Å². The zero-order valence-corrected chi connectivity index (χ0v) is 22.5. The first kappa shape index (κ1) is 28.9. The average Bonchev–Trinajstić information content (AvgIpc) is 3.59. The third-order valence-corrected chi connectivity index (χ3v) is 6.61. The zero-order chi connectivity index (χ0) is 30.7. The normalized spacial score (nSPS) is 12.2. The van der Waals surface area contributed by atoms with Gasteiger partial charge in [0.1, 0.15) is 17.9 Å². The van der Waals surface area contributed by atoms with Gasteiger partial charge >= 0.3 is 12.1 Å². The summed E-state index contributed by atoms with van der Waals surface area (Å²) < 4.78 is 47.8. The maximum atomic E-state index is 13.0. The molecule has 0 saturated heterocycles. The SMILES string of the molecule is Cc1cc(-c2c(C#N)cc3cc(Cn4cc(C(CCC(F)(F)F)OC(=O)c5ccc([N+](=O)[O-])cc5)nn4)ccn23)ccn1. The molecule has 218 valence electrons. The predicted octanol–water partition coefficient (Wildman–Crippen LogP) is 5.97. The monoisotopic (exact) mass is 589 g/mol. The second kappa shape index (κ2) is 11.7. The Hall–Kier alpha value is -5.58. The summed E-state index contributed by atoms with van der Waals surface area (Å²) in [5.74, 6) is -0.955. The first-order valence-corrected chi connectivity index (χ1v) is 12.9. The highest BCUT2D eigenvalue weighted by Gasteiger charge is 2.31. The fourth-order valence-corrected chi connectivity index (χ4v) is 4.60. The number of benzene rings is 1. The Balaban J connectivity index is 1.37. The quantitative estimate of drug-likeness (QED) is 0.116. The molecule has 0 bridgehead atoms. The van der Waals surface area contributed by atoms with Crippen LogP contribution in [-0.2, 0) is 11.3 Å². The van der Waals surface area contributed by atoms with Gasteiger partial charge in [0.05, 0.1) is 34.5 Å². The van der Waals surface area contributed by atoms with Crippen LogP contribution in [0.15, 0.2) is 73.2 Å². The molecule has 4 heterocycles. The van der Waals surface area contributed by atoms with E-state index >= 15 is 0 Å². The third-order valence-electron chi connectivity index (χ3n) is 6.61. The van der Waals surface area contributed by atoms with E-state index < -0.39 is 36.0 Å². The van der Waals surface area contributed by atoms with Crippen LogP contribution in [0.3, 0.4) is 0 Å². The fourth-order valence-electron chi connectivity index (χ4n) is 4.60. The maximum absolute atomic E-state index is 13.0. The zero-order valence-electron chi connectivity index (χ0n) is 22.5. The second-order valence-corrected chi connectivity index (χ2v) is 9.73. The van der Waals surface area contributed by atoms with Crippen molar-refractivity contribution >= 4 is 17.2 Å². The number of ether oxygens (including phenoxy) is 1. The number of carbonyl (C=O) groups is 1. The molecular formula is C29H22F3N7O4. The first-order chi connectivity index (χ1) is 20.5. The van der Waals surface area contributed by atoms with Crippen LogP contribution in [0.5, 0.6) is 0 Å². The Morgan fingerprint density at radius 1 is 1.16 bits per heavy atom. The van der Waals surface area contributed by atoms with Crippen LogP contribution in [0.25, 0.3) is 16.8 Å². The van der Waals surface area contributed by atoms with Crippen LogP contribution in [-0.4, -0.2) is 41.4 Å². The molecule has 0 fully saturated rings. The van der Waals surface area contributed by atoms with E-state index in [-0.39, 0.29) is 23.5 Å². The molecule has 0 spiro atoms. The number of fused-ring (bicyclic) bond motifs is 1. The molecule has 11 nitrogen and oxygen atoms in total. The number of nitro groups is 1. The van der Waals surface area contributed by atoms with Crippen LogP contribution in [0.1, 0.15) is 51.8 Å². The largest absolute Gasteiger partial charge is 0.452 e. The second-order valence-electron chi connectivity index (χ2n) is 9.73. The molecule has 0 aliphatic rings. The minimum Gasteiger partial charge on any atom is -0.452 e. The standard InChI is InChI=1S/C29H22F3N7O4/c1-18-12-21(7-10-34-18)27-22(15-33)14-24-13-19(8-11-38(24)27)16-37-17-25(35-36-37)26(6-9-29(30,31)32)43-28(40)20-2-4-23(5-3-20)39(41)42/h2-5,7-8,10-14,17,26H,6,9,16H2,1H3. The Morgan fingerprint density at radius 2 is 1.93 bits per heavy atom. The topological polar surface area (TPSA) is 141 Å². The molecule has 0 saturated carbocycles. The van der Waals surface area contributed by atoms with Crippen molar-refractivity contribution < 1.29 is 27.6 Å². The fraction of sp³-hybridized carbons (Fsp3) is 0.207. The smallest absolute Gasteiger partial charge is 0.389 e. The van der Waals surface area contributed by atoms with Crippen LogP contribution in [0.4, 0.5) is 18.9 Å². The van der Waals surface area contributed by atoms with Crippen molar-refractivity contribution in [3.8, 4) is 17.3 Å². The highest BCUT2D eigenvalue weighted by atomic mass is 19.4. The number of aromatic nitrogens is 5. The minimum atomic E-state index is -4.50. The minimum absolute atomic E-state index is 0.0189. The van der Waals surface area contributed by atoms with Crippen LogP contribution in [0.2, 0.25) is 0 Å². The van der Waals surface area contributed by atoms with E-state index in [0.29, 0.717) is 5.56 Å². The predicted molar refractivity (Wildman–Crippen MR) is 146 cm³/mol. The van der Waals surface area contributed by atoms with Gasteiger partial charge in [-0.3, -0.25) is 15.1 Å². The average molecular weight is 590 g/mol. The summed E-state index contributed by atoms with van der Waals surface area (Å²) >= 11 is 0. The van der Waals surface area contributed by atoms with Gasteiger partial charge in [-0.15, -0.1) is 5.10 Å². The molecule has 5 rings (SSSR count). The molecule has 0 radical (unpaired) electrons. The van der Waals surface area contributed by atoms with E-state index in [4.69, 9.17) is 4.74 Å². The lowest BCUT2D eigenvalue weighted by Gasteiger charge is -2.16. The molecule has 4 aromatic heterocycles. The molecule has 43 heavy (non-hydrogen) atoms. The summed E-state index contributed by atoms with van der Waals surface area (Å²) in [4.78, 5) is 27.1. The van der Waals surface area contributed by atoms with Gasteiger partial charge in [-0.05, 0) is 61.4 Å². The van der Waals surface area contributed by atoms with E-state index in [1.807, 2.05) is 41.8 Å². The first-order valence-electron chi connectivity index (χ1n) is 12.9. The molecule has 0 aliphatic carbocycles. The Morgan fingerprint density at radius 3 is 2.60 bits per heavy atom. The highest BCUT2D eigenvalue weighted by Crippen LogP contribution is 2.31. The molecule has 1 unspecified atom stereocenters. The number of halogens is 3. The van der Waals surface area contributed by atoms with Crippen molar-refractivity contribution in [2.24, 2.45) is 0 Å². The van der Waals surface area contributed by atoms with Crippen LogP contribution < -0.4 is 0 Å². The van der Waals surface area contributed by atoms with Gasteiger partial charge < -0.3 is 9.14 Å². The lowest BCUT2D eigenvalue weighted by atomic mass is 10.1. The van der Waals surface area contributed by atoms with Gasteiger partial charge in [-0.2, -0.15) is 18.4 Å². The van der Waals surface area contributed by atoms with Crippen molar-refractivity contribution in [2.45, 2.75) is 38.6 Å². The van der Waals surface area contributed by atoms with E-state index in [9.17, 15) is 33.3 Å². The van der Waals surface area contributed by atoms with Crippen LogP contribution in [0, 0.1) is 28.4 Å². The molecule has 1 atom stereocenters. The van der Waals surface area contributed by atoms with Gasteiger partial charge in [-0.25, -0.2) is 9.48 Å². The van der Waals surface area contributed by atoms with Gasteiger partial charge in [0, 0.05) is 47.7 Å². The number of aryl methyl sites for hydroxylation is 1. The summed E-state index contributed by atoms with van der Waals surface area (Å²) in [5, 5.41) is 28.6. The highest BCUT2D eigenvalue weighted by molar-refractivity contribution is 5.89. The van der Waals surface area contributed by atoms with Crippen molar-refractivity contribution in [3.05, 3.63) is 111 Å². The number of pyridine rings is 2. The number of nitriles is 1. The van der Waals surface area contributed by atoms with Gasteiger partial charge in [0.2, 0.25) is 0 Å². The Bertz CT molecular complexity index is 1860. The summed E-state index contributed by atoms with van der Waals surface area (Å²) in [6.45, 7) is 2.06. The van der Waals surface area contributed by atoms with E-state index in [2.05, 4.69) is 21.4 Å². The Labute approximate surface area is 241 Å². The number of nitrogens with zero attached hydrogens (tertiary/aromatic N) is 7. The number of nitro benzene ring substituents is 1. The summed E-state index contributed by atoms with van der Waals surface area (Å²) in [6.07, 6.45) is -2.81. The van der Waals surface area contributed by atoms with Gasteiger partial charge in [0.25, 0.3) is 5.69 Å². The molecule has 1 aromatic carbocycles. The number of hydrogen-bond acceptors (Lipinski definition) is 8. The molecule has 0 amide bonds. The number of hydrogen-bond donors (Lipinski definition) is 0. The van der Waals surface area contributed by atoms with Crippen molar-refractivity contribution in [1.82, 2.24) is 24.4 Å². The molecule has 0 N–H and O–H groups in total. The summed E-state index contributed by atoms with van der Waals surface area (Å²) in [5.41, 5.74) is 4.08. The molecule has 14 heteroatoms. The van der Waals surface area contributed by atoms with Gasteiger partial charge in [0.15, 0.2) is 0 Å². The number of rotatable bonds is 9. The number of alkyl halides is 3. The van der Waals surface area contributed by atoms with E-state index in [0.717, 1.165) is 52.3 Å². The van der Waals surface area contributed by atoms with Gasteiger partial charge in [-0.1, -0.05) is 5.21 Å². The van der Waals surface area contributed by atoms with Crippen molar-refractivity contribution in [1.29, 1.82) is 5.26 Å². The lowest BCUT2D eigenvalue weighted by molar-refractivity contribution is -0.384. The Kier molecular flexibility index (Phi) is 7.89. The molecule has 0 aliphatic heterocycles. The third kappa shape index (κ3) is 6.67. The number of non-ortho nitro benzene ring substituents is 1. The summed E-state index contributed by atoms with van der Waals surface area (Å²) in [6, 6.07) is 15.9. The van der Waals surface area contributed by atoms with Crippen molar-refractivity contribution in [2.75, 3.05) is 0 Å². The van der Waals surface area contributed by atoms with Crippen molar-refractivity contribution in [3.63, 3.8) is 0 Å². The number of carbonyl (C=O) groups excluding carboxylic acids is 1. The van der Waals surface area contributed by atoms with Crippen LogP contribution >= 0.6 is 0 Å². The van der Waals surface area contributed by atoms with E-state index in [1.54, 1.807) is 12.3 Å². The maximum Gasteiger partial charge on any atom is 0.389 e. The summed E-state index contributed by atoms with van der Waals surface area (Å²) in [7, 11) is 0.